The molecule has 1 atom stereocenters. The summed E-state index contributed by atoms with van der Waals surface area (Å²) in [5, 5.41) is 0. The average molecular weight is 445 g/mol. The van der Waals surface area contributed by atoms with E-state index in [-0.39, 0.29) is 0 Å². The predicted octanol–water partition coefficient (Wildman–Crippen LogP) is 9.16. The molecule has 2 aliphatic carbocycles. The van der Waals surface area contributed by atoms with Crippen LogP contribution in [-0.4, -0.2) is 6.61 Å². The lowest BCUT2D eigenvalue weighted by molar-refractivity contribution is 0.303. The lowest BCUT2D eigenvalue weighted by atomic mass is 9.76. The molecule has 2 aromatic rings. The number of fused-ring (bicyclic) bond motifs is 1. The van der Waals surface area contributed by atoms with E-state index in [0.717, 1.165) is 49.9 Å². The van der Waals surface area contributed by atoms with Gasteiger partial charge in [-0.3, -0.25) is 0 Å². The summed E-state index contributed by atoms with van der Waals surface area (Å²) >= 11 is 0. The summed E-state index contributed by atoms with van der Waals surface area (Å²) < 4.78 is 5.94. The van der Waals surface area contributed by atoms with Crippen LogP contribution in [0.3, 0.4) is 0 Å². The topological polar surface area (TPSA) is 9.23 Å². The molecule has 0 bridgehead atoms. The van der Waals surface area contributed by atoms with Crippen molar-refractivity contribution in [1.29, 1.82) is 0 Å². The van der Waals surface area contributed by atoms with Crippen molar-refractivity contribution in [3.63, 3.8) is 0 Å². The molecule has 4 rings (SSSR count). The highest BCUT2D eigenvalue weighted by Gasteiger charge is 2.24. The average Bonchev–Trinajstić information content (AvgIpc) is 2.87. The van der Waals surface area contributed by atoms with Crippen molar-refractivity contribution in [3.05, 3.63) is 77.4 Å². The molecule has 1 saturated carbocycles. The second kappa shape index (κ2) is 12.4. The normalized spacial score (nSPS) is 22.5. The van der Waals surface area contributed by atoms with E-state index >= 15 is 0 Å². The zero-order valence-corrected chi connectivity index (χ0v) is 20.9. The Morgan fingerprint density at radius 2 is 1.61 bits per heavy atom. The molecular weight excluding hydrogens is 400 g/mol. The maximum atomic E-state index is 5.94. The largest absolute Gasteiger partial charge is 0.494 e. The smallest absolute Gasteiger partial charge is 0.119 e. The first-order valence-corrected chi connectivity index (χ1v) is 13.7. The molecule has 2 aliphatic rings. The van der Waals surface area contributed by atoms with Crippen molar-refractivity contribution in [2.24, 2.45) is 5.92 Å². The fourth-order valence-corrected chi connectivity index (χ4v) is 6.03. The van der Waals surface area contributed by atoms with E-state index in [1.54, 1.807) is 5.56 Å². The molecule has 33 heavy (non-hydrogen) atoms. The van der Waals surface area contributed by atoms with Gasteiger partial charge in [0.2, 0.25) is 0 Å². The van der Waals surface area contributed by atoms with Crippen LogP contribution in [0.15, 0.2) is 55.1 Å². The first kappa shape index (κ1) is 24.1. The highest BCUT2D eigenvalue weighted by Crippen LogP contribution is 2.39. The van der Waals surface area contributed by atoms with Gasteiger partial charge >= 0.3 is 0 Å². The van der Waals surface area contributed by atoms with Gasteiger partial charge in [0.25, 0.3) is 0 Å². The number of hydrogen-bond donors (Lipinski definition) is 0. The molecule has 1 unspecified atom stereocenters. The molecule has 0 saturated heterocycles. The predicted molar refractivity (Wildman–Crippen MR) is 141 cm³/mol. The van der Waals surface area contributed by atoms with Crippen LogP contribution in [0, 0.1) is 5.92 Å². The van der Waals surface area contributed by atoms with E-state index in [4.69, 9.17) is 4.74 Å². The highest BCUT2D eigenvalue weighted by molar-refractivity contribution is 5.40. The van der Waals surface area contributed by atoms with Gasteiger partial charge in [-0.1, -0.05) is 69.0 Å². The Kier molecular flexibility index (Phi) is 9.09. The van der Waals surface area contributed by atoms with Gasteiger partial charge in [-0.2, -0.15) is 0 Å². The Labute approximate surface area is 202 Å². The fraction of sp³-hybridized carbons (Fsp3) is 0.562. The van der Waals surface area contributed by atoms with Crippen LogP contribution in [0.5, 0.6) is 5.75 Å². The number of aryl methyl sites for hydroxylation is 1. The molecular formula is C32H44O. The molecule has 2 aromatic carbocycles. The third-order valence-electron chi connectivity index (χ3n) is 8.17. The summed E-state index contributed by atoms with van der Waals surface area (Å²) in [6, 6.07) is 16.5. The van der Waals surface area contributed by atoms with Crippen molar-refractivity contribution in [1.82, 2.24) is 0 Å². The Morgan fingerprint density at radius 1 is 0.848 bits per heavy atom. The number of hydrogen-bond acceptors (Lipinski definition) is 1. The molecule has 1 heteroatoms. The highest BCUT2D eigenvalue weighted by atomic mass is 16.5. The lowest BCUT2D eigenvalue weighted by Crippen LogP contribution is -2.14. The molecule has 1 fully saturated rings. The monoisotopic (exact) mass is 444 g/mol. The number of unbranched alkanes of at least 4 members (excludes halogenated alkanes) is 3. The third-order valence-corrected chi connectivity index (χ3v) is 8.17. The summed E-state index contributed by atoms with van der Waals surface area (Å²) in [5.41, 5.74) is 6.11. The molecule has 0 heterocycles. The van der Waals surface area contributed by atoms with E-state index in [0.29, 0.717) is 5.92 Å². The van der Waals surface area contributed by atoms with E-state index in [1.165, 1.54) is 74.5 Å². The van der Waals surface area contributed by atoms with Crippen LogP contribution in [0.25, 0.3) is 0 Å². The van der Waals surface area contributed by atoms with Gasteiger partial charge in [0.05, 0.1) is 6.61 Å². The van der Waals surface area contributed by atoms with Crippen molar-refractivity contribution in [2.45, 2.75) is 102 Å². The number of ether oxygens (including phenoxy) is 1. The van der Waals surface area contributed by atoms with Crippen molar-refractivity contribution < 1.29 is 4.74 Å². The molecule has 0 radical (unpaired) electrons. The van der Waals surface area contributed by atoms with Crippen LogP contribution in [-0.2, 0) is 12.8 Å². The maximum Gasteiger partial charge on any atom is 0.119 e. The van der Waals surface area contributed by atoms with Crippen molar-refractivity contribution in [3.8, 4) is 5.75 Å². The van der Waals surface area contributed by atoms with Gasteiger partial charge in [0.1, 0.15) is 5.75 Å². The second-order valence-corrected chi connectivity index (χ2v) is 10.5. The lowest BCUT2D eigenvalue weighted by Gasteiger charge is -2.29. The zero-order chi connectivity index (χ0) is 22.9. The van der Waals surface area contributed by atoms with Gasteiger partial charge in [0.15, 0.2) is 0 Å². The minimum Gasteiger partial charge on any atom is -0.494 e. The summed E-state index contributed by atoms with van der Waals surface area (Å²) in [4.78, 5) is 0. The van der Waals surface area contributed by atoms with E-state index in [9.17, 15) is 0 Å². The Hall–Kier alpha value is -2.02. The van der Waals surface area contributed by atoms with E-state index in [2.05, 4.69) is 56.0 Å². The Balaban J connectivity index is 1.28. The quantitative estimate of drug-likeness (QED) is 0.248. The number of allylic oxidation sites excluding steroid dienone is 1. The molecule has 0 N–H and O–H groups in total. The first-order valence-electron chi connectivity index (χ1n) is 13.7. The summed E-state index contributed by atoms with van der Waals surface area (Å²) in [5.74, 6) is 3.46. The van der Waals surface area contributed by atoms with Crippen molar-refractivity contribution in [2.75, 3.05) is 6.61 Å². The zero-order valence-electron chi connectivity index (χ0n) is 20.9. The van der Waals surface area contributed by atoms with Crippen LogP contribution in [0.2, 0.25) is 0 Å². The summed E-state index contributed by atoms with van der Waals surface area (Å²) in [6.07, 6.45) is 18.9. The van der Waals surface area contributed by atoms with Gasteiger partial charge in [-0.15, -0.1) is 6.58 Å². The number of rotatable bonds is 11. The standard InChI is InChI=1S/C32H44O/c1-3-5-7-9-25-10-12-26(13-11-25)27-14-16-28(17-15-27)29-18-19-31-24-32(21-20-30(31)23-29)33-22-8-6-4-2/h4,14-17,20-21,24-26,29H,2-3,5-13,18-19,22-23H2,1H3. The van der Waals surface area contributed by atoms with Gasteiger partial charge in [-0.25, -0.2) is 0 Å². The molecule has 0 aliphatic heterocycles. The van der Waals surface area contributed by atoms with Gasteiger partial charge in [-0.05, 0) is 110 Å². The SMILES string of the molecule is C=CCCCOc1ccc2c(c1)CCC(c1ccc(C3CCC(CCCCC)CC3)cc1)C2. The van der Waals surface area contributed by atoms with Gasteiger partial charge < -0.3 is 4.74 Å². The van der Waals surface area contributed by atoms with Crippen LogP contribution in [0.1, 0.15) is 112 Å². The first-order chi connectivity index (χ1) is 16.3. The minimum atomic E-state index is 0.653. The molecule has 1 nitrogen and oxygen atoms in total. The van der Waals surface area contributed by atoms with E-state index in [1.807, 2.05) is 6.08 Å². The third kappa shape index (κ3) is 6.75. The second-order valence-electron chi connectivity index (χ2n) is 10.5. The van der Waals surface area contributed by atoms with Crippen LogP contribution >= 0.6 is 0 Å². The minimum absolute atomic E-state index is 0.653. The fourth-order valence-electron chi connectivity index (χ4n) is 6.03. The molecule has 0 spiro atoms. The Morgan fingerprint density at radius 3 is 2.33 bits per heavy atom. The van der Waals surface area contributed by atoms with Crippen LogP contribution < -0.4 is 4.74 Å². The molecule has 0 amide bonds. The van der Waals surface area contributed by atoms with Crippen molar-refractivity contribution >= 4 is 0 Å². The maximum absolute atomic E-state index is 5.94. The summed E-state index contributed by atoms with van der Waals surface area (Å²) in [7, 11) is 0. The van der Waals surface area contributed by atoms with Crippen LogP contribution in [0.4, 0.5) is 0 Å². The molecule has 178 valence electrons. The van der Waals surface area contributed by atoms with Gasteiger partial charge in [0, 0.05) is 0 Å². The van der Waals surface area contributed by atoms with E-state index < -0.39 is 0 Å². The molecule has 0 aromatic heterocycles. The Bertz CT molecular complexity index is 857. The summed E-state index contributed by atoms with van der Waals surface area (Å²) in [6.45, 7) is 6.87. The number of benzene rings is 2.